The number of benzene rings is 1. The van der Waals surface area contributed by atoms with Crippen molar-refractivity contribution in [1.82, 2.24) is 5.16 Å². The molecule has 1 heterocycles. The van der Waals surface area contributed by atoms with E-state index in [-0.39, 0.29) is 5.69 Å². The highest BCUT2D eigenvalue weighted by Crippen LogP contribution is 2.26. The standard InChI is InChI=1S/C13H13BrN2O4/c1-19-7-9-10(14)3-2-4-11(9)15-6-8-5-12(13(17)18)16-20-8/h2-5,15H,6-7H2,1H3,(H,17,18). The first-order valence-electron chi connectivity index (χ1n) is 5.81. The van der Waals surface area contributed by atoms with E-state index in [1.807, 2.05) is 18.2 Å². The lowest BCUT2D eigenvalue weighted by Crippen LogP contribution is -2.03. The molecule has 0 radical (unpaired) electrons. The molecule has 20 heavy (non-hydrogen) atoms. The molecule has 0 aliphatic carbocycles. The van der Waals surface area contributed by atoms with E-state index in [2.05, 4.69) is 26.4 Å². The molecule has 106 valence electrons. The van der Waals surface area contributed by atoms with E-state index in [1.54, 1.807) is 7.11 Å². The molecule has 1 aromatic carbocycles. The fourth-order valence-corrected chi connectivity index (χ4v) is 2.18. The van der Waals surface area contributed by atoms with Gasteiger partial charge in [0.05, 0.1) is 13.2 Å². The lowest BCUT2D eigenvalue weighted by Gasteiger charge is -2.12. The number of carbonyl (C=O) groups is 1. The van der Waals surface area contributed by atoms with Crippen LogP contribution in [-0.4, -0.2) is 23.3 Å². The summed E-state index contributed by atoms with van der Waals surface area (Å²) in [6, 6.07) is 7.13. The van der Waals surface area contributed by atoms with Crippen LogP contribution in [0.2, 0.25) is 0 Å². The van der Waals surface area contributed by atoms with E-state index in [1.165, 1.54) is 6.07 Å². The minimum absolute atomic E-state index is 0.104. The molecule has 0 saturated carbocycles. The van der Waals surface area contributed by atoms with Crippen LogP contribution in [0.1, 0.15) is 21.8 Å². The second-order valence-corrected chi connectivity index (χ2v) is 4.89. The number of ether oxygens (including phenoxy) is 1. The molecule has 0 saturated heterocycles. The zero-order valence-electron chi connectivity index (χ0n) is 10.7. The highest BCUT2D eigenvalue weighted by atomic mass is 79.9. The van der Waals surface area contributed by atoms with Crippen molar-refractivity contribution in [3.8, 4) is 0 Å². The van der Waals surface area contributed by atoms with Crippen LogP contribution in [-0.2, 0) is 17.9 Å². The van der Waals surface area contributed by atoms with Crippen LogP contribution in [0.5, 0.6) is 0 Å². The number of anilines is 1. The minimum atomic E-state index is -1.11. The molecule has 1 aromatic heterocycles. The van der Waals surface area contributed by atoms with E-state index in [4.69, 9.17) is 14.4 Å². The van der Waals surface area contributed by atoms with Gasteiger partial charge in [0.15, 0.2) is 11.5 Å². The number of hydrogen-bond donors (Lipinski definition) is 2. The molecule has 0 aliphatic rings. The monoisotopic (exact) mass is 340 g/mol. The Hall–Kier alpha value is -1.86. The van der Waals surface area contributed by atoms with Crippen molar-refractivity contribution in [3.05, 3.63) is 45.8 Å². The van der Waals surface area contributed by atoms with Gasteiger partial charge in [0.25, 0.3) is 0 Å². The van der Waals surface area contributed by atoms with Crippen molar-refractivity contribution in [2.45, 2.75) is 13.2 Å². The van der Waals surface area contributed by atoms with Crippen LogP contribution < -0.4 is 5.32 Å². The van der Waals surface area contributed by atoms with Gasteiger partial charge in [0, 0.05) is 28.9 Å². The highest BCUT2D eigenvalue weighted by molar-refractivity contribution is 9.10. The number of aromatic carboxylic acids is 1. The van der Waals surface area contributed by atoms with Crippen LogP contribution in [0.4, 0.5) is 5.69 Å². The maximum Gasteiger partial charge on any atom is 0.358 e. The van der Waals surface area contributed by atoms with Gasteiger partial charge in [-0.2, -0.15) is 0 Å². The van der Waals surface area contributed by atoms with E-state index in [0.717, 1.165) is 15.7 Å². The minimum Gasteiger partial charge on any atom is -0.476 e. The molecule has 2 aromatic rings. The smallest absolute Gasteiger partial charge is 0.358 e. The quantitative estimate of drug-likeness (QED) is 0.840. The van der Waals surface area contributed by atoms with Crippen molar-refractivity contribution < 1.29 is 19.2 Å². The Morgan fingerprint density at radius 2 is 2.35 bits per heavy atom. The Labute approximate surface area is 123 Å². The Morgan fingerprint density at radius 1 is 1.55 bits per heavy atom. The van der Waals surface area contributed by atoms with E-state index >= 15 is 0 Å². The van der Waals surface area contributed by atoms with E-state index in [9.17, 15) is 4.79 Å². The van der Waals surface area contributed by atoms with Crippen molar-refractivity contribution >= 4 is 27.6 Å². The number of hydrogen-bond acceptors (Lipinski definition) is 5. The average molecular weight is 341 g/mol. The number of nitrogens with zero attached hydrogens (tertiary/aromatic N) is 1. The number of methoxy groups -OCH3 is 1. The molecule has 2 rings (SSSR count). The van der Waals surface area contributed by atoms with Gasteiger partial charge in [0.1, 0.15) is 0 Å². The molecule has 0 atom stereocenters. The van der Waals surface area contributed by atoms with Gasteiger partial charge in [-0.1, -0.05) is 27.2 Å². The average Bonchev–Trinajstić information content (AvgIpc) is 2.89. The first kappa shape index (κ1) is 14.5. The van der Waals surface area contributed by atoms with Gasteiger partial charge >= 0.3 is 5.97 Å². The summed E-state index contributed by atoms with van der Waals surface area (Å²) in [5.41, 5.74) is 1.76. The molecule has 0 amide bonds. The molecule has 0 spiro atoms. The van der Waals surface area contributed by atoms with Gasteiger partial charge in [-0.25, -0.2) is 4.79 Å². The molecule has 0 unspecified atom stereocenters. The van der Waals surface area contributed by atoms with Crippen LogP contribution in [0.3, 0.4) is 0 Å². The second-order valence-electron chi connectivity index (χ2n) is 4.04. The molecular weight excluding hydrogens is 328 g/mol. The maximum atomic E-state index is 10.7. The normalized spacial score (nSPS) is 10.5. The van der Waals surface area contributed by atoms with E-state index < -0.39 is 5.97 Å². The summed E-state index contributed by atoms with van der Waals surface area (Å²) in [6.07, 6.45) is 0. The summed E-state index contributed by atoms with van der Waals surface area (Å²) in [7, 11) is 1.62. The van der Waals surface area contributed by atoms with Crippen LogP contribution >= 0.6 is 15.9 Å². The summed E-state index contributed by atoms with van der Waals surface area (Å²) >= 11 is 3.46. The molecule has 0 aliphatic heterocycles. The summed E-state index contributed by atoms with van der Waals surface area (Å²) in [6.45, 7) is 0.800. The first-order valence-corrected chi connectivity index (χ1v) is 6.60. The largest absolute Gasteiger partial charge is 0.476 e. The van der Waals surface area contributed by atoms with Crippen molar-refractivity contribution in [1.29, 1.82) is 0 Å². The Balaban J connectivity index is 2.10. The third-order valence-electron chi connectivity index (χ3n) is 2.64. The van der Waals surface area contributed by atoms with Gasteiger partial charge in [-0.3, -0.25) is 0 Å². The zero-order valence-corrected chi connectivity index (χ0v) is 12.3. The van der Waals surface area contributed by atoms with Gasteiger partial charge in [-0.05, 0) is 12.1 Å². The fourth-order valence-electron chi connectivity index (χ4n) is 1.69. The Kier molecular flexibility index (Phi) is 4.75. The highest BCUT2D eigenvalue weighted by Gasteiger charge is 2.11. The van der Waals surface area contributed by atoms with Crippen molar-refractivity contribution in [2.75, 3.05) is 12.4 Å². The summed E-state index contributed by atoms with van der Waals surface area (Å²) in [4.78, 5) is 10.7. The maximum absolute atomic E-state index is 10.7. The fraction of sp³-hybridized carbons (Fsp3) is 0.231. The first-order chi connectivity index (χ1) is 9.61. The topological polar surface area (TPSA) is 84.6 Å². The third kappa shape index (κ3) is 3.37. The number of nitrogens with one attached hydrogen (secondary N) is 1. The summed E-state index contributed by atoms with van der Waals surface area (Å²) < 4.78 is 11.0. The van der Waals surface area contributed by atoms with Gasteiger partial charge in [0.2, 0.25) is 0 Å². The summed E-state index contributed by atoms with van der Waals surface area (Å²) in [5.74, 6) is -0.659. The summed E-state index contributed by atoms with van der Waals surface area (Å²) in [5, 5.41) is 15.4. The van der Waals surface area contributed by atoms with Crippen molar-refractivity contribution in [2.24, 2.45) is 0 Å². The predicted molar refractivity (Wildman–Crippen MR) is 75.6 cm³/mol. The van der Waals surface area contributed by atoms with E-state index in [0.29, 0.717) is 18.9 Å². The SMILES string of the molecule is COCc1c(Br)cccc1NCc1cc(C(=O)O)no1. The lowest BCUT2D eigenvalue weighted by atomic mass is 10.2. The molecule has 0 bridgehead atoms. The molecule has 2 N–H and O–H groups in total. The molecular formula is C13H13BrN2O4. The number of carboxylic acids is 1. The molecule has 6 nitrogen and oxygen atoms in total. The number of aromatic nitrogens is 1. The lowest BCUT2D eigenvalue weighted by molar-refractivity contribution is 0.0685. The predicted octanol–water partition coefficient (Wildman–Crippen LogP) is 2.89. The zero-order chi connectivity index (χ0) is 14.5. The number of halogens is 1. The number of rotatable bonds is 6. The van der Waals surface area contributed by atoms with Crippen LogP contribution in [0.15, 0.2) is 33.3 Å². The Morgan fingerprint density at radius 3 is 3.00 bits per heavy atom. The van der Waals surface area contributed by atoms with Gasteiger partial charge in [-0.15, -0.1) is 0 Å². The van der Waals surface area contributed by atoms with Crippen LogP contribution in [0, 0.1) is 0 Å². The van der Waals surface area contributed by atoms with Crippen molar-refractivity contribution in [3.63, 3.8) is 0 Å². The van der Waals surface area contributed by atoms with Crippen LogP contribution in [0.25, 0.3) is 0 Å². The molecule has 0 fully saturated rings. The number of carboxylic acid groups (broad SMARTS) is 1. The second kappa shape index (κ2) is 6.53. The van der Waals surface area contributed by atoms with Gasteiger partial charge < -0.3 is 19.7 Å². The molecule has 7 heteroatoms. The third-order valence-corrected chi connectivity index (χ3v) is 3.38. The Bertz CT molecular complexity index is 612.